The van der Waals surface area contributed by atoms with Gasteiger partial charge in [-0.05, 0) is 12.3 Å². The SMILES string of the molecule is CSc1cc(Oc2ccc([N+](=O)[O-])c(C(=O)O)c2)ncn1. The van der Waals surface area contributed by atoms with Crippen molar-refractivity contribution in [2.45, 2.75) is 5.03 Å². The third kappa shape index (κ3) is 3.45. The van der Waals surface area contributed by atoms with Gasteiger partial charge in [0.05, 0.1) is 4.92 Å². The van der Waals surface area contributed by atoms with E-state index in [0.717, 1.165) is 12.1 Å². The highest BCUT2D eigenvalue weighted by molar-refractivity contribution is 7.98. The molecule has 0 aliphatic heterocycles. The number of hydrogen-bond donors (Lipinski definition) is 1. The average Bonchev–Trinajstić information content (AvgIpc) is 2.47. The summed E-state index contributed by atoms with van der Waals surface area (Å²) in [5, 5.41) is 20.4. The summed E-state index contributed by atoms with van der Waals surface area (Å²) in [6, 6.07) is 5.05. The lowest BCUT2D eigenvalue weighted by molar-refractivity contribution is -0.385. The first-order chi connectivity index (χ1) is 10.0. The molecule has 8 nitrogen and oxygen atoms in total. The number of rotatable bonds is 5. The van der Waals surface area contributed by atoms with E-state index in [1.165, 1.54) is 24.2 Å². The van der Waals surface area contributed by atoms with Crippen LogP contribution in [0, 0.1) is 10.1 Å². The first-order valence-electron chi connectivity index (χ1n) is 5.57. The summed E-state index contributed by atoms with van der Waals surface area (Å²) in [6.45, 7) is 0. The minimum Gasteiger partial charge on any atom is -0.477 e. The standard InChI is InChI=1S/C12H9N3O5S/c1-21-11-5-10(13-6-14-11)20-7-2-3-9(15(18)19)8(4-7)12(16)17/h2-6H,1H3,(H,16,17). The lowest BCUT2D eigenvalue weighted by Crippen LogP contribution is -2.03. The predicted molar refractivity (Wildman–Crippen MR) is 73.9 cm³/mol. The molecular weight excluding hydrogens is 298 g/mol. The van der Waals surface area contributed by atoms with Gasteiger partial charge in [-0.15, -0.1) is 11.8 Å². The number of carbonyl (C=O) groups is 1. The van der Waals surface area contributed by atoms with E-state index in [-0.39, 0.29) is 11.6 Å². The highest BCUT2D eigenvalue weighted by atomic mass is 32.2. The van der Waals surface area contributed by atoms with Crippen LogP contribution in [-0.2, 0) is 0 Å². The molecular formula is C12H9N3O5S. The second-order valence-corrected chi connectivity index (χ2v) is 4.57. The van der Waals surface area contributed by atoms with Gasteiger partial charge in [-0.2, -0.15) is 0 Å². The molecule has 0 aliphatic carbocycles. The Balaban J connectivity index is 2.34. The Morgan fingerprint density at radius 3 is 2.76 bits per heavy atom. The van der Waals surface area contributed by atoms with E-state index in [2.05, 4.69) is 9.97 Å². The summed E-state index contributed by atoms with van der Waals surface area (Å²) in [6.07, 6.45) is 3.14. The number of aromatic carboxylic acids is 1. The number of thioether (sulfide) groups is 1. The fraction of sp³-hybridized carbons (Fsp3) is 0.0833. The Bertz CT molecular complexity index is 707. The van der Waals surface area contributed by atoms with Gasteiger partial charge in [0.15, 0.2) is 0 Å². The van der Waals surface area contributed by atoms with Crippen LogP contribution < -0.4 is 4.74 Å². The van der Waals surface area contributed by atoms with Crippen LogP contribution >= 0.6 is 11.8 Å². The van der Waals surface area contributed by atoms with Crippen molar-refractivity contribution in [1.29, 1.82) is 0 Å². The molecule has 0 radical (unpaired) electrons. The number of carboxylic acids is 1. The van der Waals surface area contributed by atoms with Crippen molar-refractivity contribution < 1.29 is 19.6 Å². The molecule has 0 fully saturated rings. The van der Waals surface area contributed by atoms with Gasteiger partial charge in [-0.25, -0.2) is 14.8 Å². The predicted octanol–water partition coefficient (Wildman–Crippen LogP) is 2.60. The molecule has 2 aromatic rings. The van der Waals surface area contributed by atoms with Crippen LogP contribution in [0.3, 0.4) is 0 Å². The number of nitro benzene ring substituents is 1. The molecule has 108 valence electrons. The zero-order chi connectivity index (χ0) is 15.4. The molecule has 0 amide bonds. The van der Waals surface area contributed by atoms with E-state index < -0.39 is 22.1 Å². The van der Waals surface area contributed by atoms with Gasteiger partial charge in [0, 0.05) is 18.2 Å². The van der Waals surface area contributed by atoms with Crippen LogP contribution in [-0.4, -0.2) is 32.2 Å². The van der Waals surface area contributed by atoms with Crippen LogP contribution in [0.15, 0.2) is 35.6 Å². The minimum atomic E-state index is -1.40. The van der Waals surface area contributed by atoms with Crippen molar-refractivity contribution in [3.63, 3.8) is 0 Å². The molecule has 0 saturated heterocycles. The molecule has 1 N–H and O–H groups in total. The summed E-state index contributed by atoms with van der Waals surface area (Å²) >= 11 is 1.39. The van der Waals surface area contributed by atoms with E-state index in [4.69, 9.17) is 9.84 Å². The third-order valence-electron chi connectivity index (χ3n) is 2.44. The normalized spacial score (nSPS) is 10.1. The van der Waals surface area contributed by atoms with E-state index in [1.807, 2.05) is 6.26 Å². The smallest absolute Gasteiger partial charge is 0.342 e. The maximum absolute atomic E-state index is 11.0. The number of carboxylic acid groups (broad SMARTS) is 1. The van der Waals surface area contributed by atoms with Crippen LogP contribution in [0.1, 0.15) is 10.4 Å². The van der Waals surface area contributed by atoms with Gasteiger partial charge in [-0.3, -0.25) is 10.1 Å². The van der Waals surface area contributed by atoms with Crippen LogP contribution in [0.5, 0.6) is 11.6 Å². The lowest BCUT2D eigenvalue weighted by Gasteiger charge is -2.06. The van der Waals surface area contributed by atoms with Crippen LogP contribution in [0.4, 0.5) is 5.69 Å². The van der Waals surface area contributed by atoms with Crippen molar-refractivity contribution in [3.05, 3.63) is 46.3 Å². The van der Waals surface area contributed by atoms with Crippen LogP contribution in [0.2, 0.25) is 0 Å². The van der Waals surface area contributed by atoms with Gasteiger partial charge in [0.25, 0.3) is 5.69 Å². The van der Waals surface area contributed by atoms with Gasteiger partial charge in [0.2, 0.25) is 5.88 Å². The summed E-state index contributed by atoms with van der Waals surface area (Å²) in [4.78, 5) is 28.9. The van der Waals surface area contributed by atoms with Crippen molar-refractivity contribution in [3.8, 4) is 11.6 Å². The summed E-state index contributed by atoms with van der Waals surface area (Å²) in [5.41, 5.74) is -0.945. The summed E-state index contributed by atoms with van der Waals surface area (Å²) in [5.74, 6) is -1.04. The lowest BCUT2D eigenvalue weighted by atomic mass is 10.1. The van der Waals surface area contributed by atoms with E-state index >= 15 is 0 Å². The highest BCUT2D eigenvalue weighted by Crippen LogP contribution is 2.27. The fourth-order valence-electron chi connectivity index (χ4n) is 1.52. The number of hydrogen-bond acceptors (Lipinski definition) is 7. The Kier molecular flexibility index (Phi) is 4.33. The summed E-state index contributed by atoms with van der Waals surface area (Å²) in [7, 11) is 0. The highest BCUT2D eigenvalue weighted by Gasteiger charge is 2.20. The van der Waals surface area contributed by atoms with Gasteiger partial charge in [-0.1, -0.05) is 0 Å². The molecule has 1 heterocycles. The molecule has 0 atom stereocenters. The Morgan fingerprint density at radius 1 is 1.38 bits per heavy atom. The van der Waals surface area contributed by atoms with E-state index in [9.17, 15) is 14.9 Å². The summed E-state index contributed by atoms with van der Waals surface area (Å²) < 4.78 is 5.40. The Labute approximate surface area is 123 Å². The zero-order valence-corrected chi connectivity index (χ0v) is 11.5. The number of benzene rings is 1. The second kappa shape index (κ2) is 6.18. The first-order valence-corrected chi connectivity index (χ1v) is 6.79. The quantitative estimate of drug-likeness (QED) is 0.388. The van der Waals surface area contributed by atoms with Gasteiger partial charge >= 0.3 is 5.97 Å². The molecule has 1 aromatic carbocycles. The van der Waals surface area contributed by atoms with Gasteiger partial charge in [0.1, 0.15) is 22.7 Å². The molecule has 0 bridgehead atoms. The molecule has 1 aromatic heterocycles. The second-order valence-electron chi connectivity index (χ2n) is 3.74. The van der Waals surface area contributed by atoms with Crippen molar-refractivity contribution in [2.24, 2.45) is 0 Å². The number of nitro groups is 1. The number of nitrogens with zero attached hydrogens (tertiary/aromatic N) is 3. The maximum Gasteiger partial charge on any atom is 0.342 e. The maximum atomic E-state index is 11.0. The molecule has 0 unspecified atom stereocenters. The topological polar surface area (TPSA) is 115 Å². The van der Waals surface area contributed by atoms with Crippen molar-refractivity contribution in [1.82, 2.24) is 9.97 Å². The fourth-order valence-corrected chi connectivity index (χ4v) is 1.89. The molecule has 0 aliphatic rings. The molecule has 0 spiro atoms. The molecule has 21 heavy (non-hydrogen) atoms. The largest absolute Gasteiger partial charge is 0.477 e. The average molecular weight is 307 g/mol. The first kappa shape index (κ1) is 14.7. The Hall–Kier alpha value is -2.68. The molecule has 2 rings (SSSR count). The molecule has 9 heteroatoms. The minimum absolute atomic E-state index is 0.142. The van der Waals surface area contributed by atoms with Crippen LogP contribution in [0.25, 0.3) is 0 Å². The Morgan fingerprint density at radius 2 is 2.14 bits per heavy atom. The molecule has 0 saturated carbocycles. The van der Waals surface area contributed by atoms with Crippen molar-refractivity contribution >= 4 is 23.4 Å². The number of aromatic nitrogens is 2. The van der Waals surface area contributed by atoms with Gasteiger partial charge < -0.3 is 9.84 Å². The third-order valence-corrected chi connectivity index (χ3v) is 3.09. The monoisotopic (exact) mass is 307 g/mol. The van der Waals surface area contributed by atoms with E-state index in [0.29, 0.717) is 5.03 Å². The van der Waals surface area contributed by atoms with E-state index in [1.54, 1.807) is 6.07 Å². The zero-order valence-electron chi connectivity index (χ0n) is 10.7. The van der Waals surface area contributed by atoms with Crippen molar-refractivity contribution in [2.75, 3.05) is 6.26 Å². The number of ether oxygens (including phenoxy) is 1.